The van der Waals surface area contributed by atoms with Crippen molar-refractivity contribution in [2.75, 3.05) is 0 Å². The average Bonchev–Trinajstić information content (AvgIpc) is 2.99. The maximum Gasteiger partial charge on any atom is 0.212 e. The Bertz CT molecular complexity index is 878. The summed E-state index contributed by atoms with van der Waals surface area (Å²) in [5, 5.41) is 4.59. The van der Waals surface area contributed by atoms with Crippen LogP contribution in [0, 0.1) is 18.6 Å². The second-order valence-electron chi connectivity index (χ2n) is 6.39. The predicted octanol–water partition coefficient (Wildman–Crippen LogP) is 5.47. The molecule has 0 unspecified atom stereocenters. The molecule has 0 spiro atoms. The van der Waals surface area contributed by atoms with Crippen LogP contribution < -0.4 is 4.74 Å². The molecule has 1 aromatic heterocycles. The van der Waals surface area contributed by atoms with Crippen molar-refractivity contribution >= 4 is 12.4 Å². The molecule has 0 saturated heterocycles. The lowest BCUT2D eigenvalue weighted by Gasteiger charge is -2.10. The monoisotopic (exact) mass is 392 g/mol. The number of hydrogen-bond acceptors (Lipinski definition) is 2. The number of aryl methyl sites for hydroxylation is 2. The Hall–Kier alpha value is -2.40. The van der Waals surface area contributed by atoms with Gasteiger partial charge in [0.2, 0.25) is 5.88 Å². The van der Waals surface area contributed by atoms with E-state index in [1.807, 2.05) is 25.1 Å². The van der Waals surface area contributed by atoms with Crippen molar-refractivity contribution in [3.05, 3.63) is 82.5 Å². The lowest BCUT2D eigenvalue weighted by atomic mass is 10.1. The largest absolute Gasteiger partial charge is 0.473 e. The molecule has 0 aliphatic carbocycles. The molecule has 3 aromatic rings. The van der Waals surface area contributed by atoms with Crippen molar-refractivity contribution in [2.45, 2.75) is 39.8 Å². The summed E-state index contributed by atoms with van der Waals surface area (Å²) in [6, 6.07) is 13.4. The zero-order valence-electron chi connectivity index (χ0n) is 15.4. The number of rotatable bonds is 7. The van der Waals surface area contributed by atoms with E-state index in [0.717, 1.165) is 42.3 Å². The molecular weight excluding hydrogens is 370 g/mol. The van der Waals surface area contributed by atoms with Gasteiger partial charge in [0.1, 0.15) is 18.2 Å². The van der Waals surface area contributed by atoms with Gasteiger partial charge in [-0.2, -0.15) is 5.10 Å². The molecule has 3 rings (SSSR count). The third kappa shape index (κ3) is 5.54. The molecule has 1 heterocycles. The molecule has 0 N–H and O–H groups in total. The smallest absolute Gasteiger partial charge is 0.212 e. The van der Waals surface area contributed by atoms with Crippen molar-refractivity contribution in [2.24, 2.45) is 0 Å². The molecule has 0 bridgehead atoms. The maximum absolute atomic E-state index is 13.8. The summed E-state index contributed by atoms with van der Waals surface area (Å²) < 4.78 is 34.7. The summed E-state index contributed by atoms with van der Waals surface area (Å²) in [7, 11) is 0. The highest BCUT2D eigenvalue weighted by Gasteiger charge is 2.12. The van der Waals surface area contributed by atoms with Crippen LogP contribution in [0.25, 0.3) is 0 Å². The lowest BCUT2D eigenvalue weighted by Crippen LogP contribution is -2.07. The van der Waals surface area contributed by atoms with Crippen molar-refractivity contribution in [1.29, 1.82) is 0 Å². The van der Waals surface area contributed by atoms with Gasteiger partial charge in [-0.1, -0.05) is 43.2 Å². The van der Waals surface area contributed by atoms with Gasteiger partial charge in [0.25, 0.3) is 0 Å². The van der Waals surface area contributed by atoms with Gasteiger partial charge < -0.3 is 4.74 Å². The molecule has 144 valence electrons. The van der Waals surface area contributed by atoms with Gasteiger partial charge in [0.05, 0.1) is 12.2 Å². The van der Waals surface area contributed by atoms with E-state index in [2.05, 4.69) is 24.2 Å². The van der Waals surface area contributed by atoms with Crippen molar-refractivity contribution in [3.63, 3.8) is 0 Å². The van der Waals surface area contributed by atoms with Crippen LogP contribution in [0.15, 0.2) is 48.5 Å². The fraction of sp³-hybridized carbons (Fsp3) is 0.286. The molecule has 0 atom stereocenters. The quantitative estimate of drug-likeness (QED) is 0.533. The Kier molecular flexibility index (Phi) is 7.36. The van der Waals surface area contributed by atoms with Crippen molar-refractivity contribution in [3.8, 4) is 5.88 Å². The SMILES string of the molecule is CCCc1cc(OCc2cc(F)ccc2F)n(Cc2ccc(C)cc2)n1.Cl. The number of nitrogens with zero attached hydrogens (tertiary/aromatic N) is 2. The summed E-state index contributed by atoms with van der Waals surface area (Å²) >= 11 is 0. The van der Waals surface area contributed by atoms with Gasteiger partial charge >= 0.3 is 0 Å². The highest BCUT2D eigenvalue weighted by Crippen LogP contribution is 2.20. The van der Waals surface area contributed by atoms with Crippen molar-refractivity contribution in [1.82, 2.24) is 9.78 Å². The number of ether oxygens (including phenoxy) is 1. The molecule has 0 fully saturated rings. The Balaban J connectivity index is 0.00000261. The molecule has 3 nitrogen and oxygen atoms in total. The van der Waals surface area contributed by atoms with Crippen LogP contribution in [0.4, 0.5) is 8.78 Å². The summed E-state index contributed by atoms with van der Waals surface area (Å²) in [6.45, 7) is 4.64. The van der Waals surface area contributed by atoms with Gasteiger partial charge in [-0.05, 0) is 37.1 Å². The normalized spacial score (nSPS) is 10.5. The van der Waals surface area contributed by atoms with Gasteiger partial charge in [-0.25, -0.2) is 13.5 Å². The van der Waals surface area contributed by atoms with Gasteiger partial charge in [-0.3, -0.25) is 0 Å². The molecule has 2 aromatic carbocycles. The number of hydrogen-bond donors (Lipinski definition) is 0. The fourth-order valence-corrected chi connectivity index (χ4v) is 2.73. The third-order valence-electron chi connectivity index (χ3n) is 4.14. The molecule has 27 heavy (non-hydrogen) atoms. The zero-order valence-corrected chi connectivity index (χ0v) is 16.2. The second kappa shape index (κ2) is 9.51. The minimum atomic E-state index is -0.482. The standard InChI is InChI=1S/C21H22F2N2O.ClH/c1-3-4-19-12-21(26-14-17-11-18(22)9-10-20(17)23)25(24-19)13-16-7-5-15(2)6-8-16;/h5-12H,3-4,13-14H2,1-2H3;1H. The van der Waals surface area contributed by atoms with E-state index >= 15 is 0 Å². The Morgan fingerprint density at radius 1 is 1.04 bits per heavy atom. The first-order valence-corrected chi connectivity index (χ1v) is 8.74. The van der Waals surface area contributed by atoms with Crippen LogP contribution in [-0.4, -0.2) is 9.78 Å². The Morgan fingerprint density at radius 2 is 1.78 bits per heavy atom. The second-order valence-corrected chi connectivity index (χ2v) is 6.39. The highest BCUT2D eigenvalue weighted by molar-refractivity contribution is 5.85. The summed E-state index contributed by atoms with van der Waals surface area (Å²) in [4.78, 5) is 0. The highest BCUT2D eigenvalue weighted by atomic mass is 35.5. The van der Waals surface area contributed by atoms with E-state index < -0.39 is 11.6 Å². The topological polar surface area (TPSA) is 27.1 Å². The van der Waals surface area contributed by atoms with Gasteiger partial charge in [-0.15, -0.1) is 12.4 Å². The van der Waals surface area contributed by atoms with Crippen LogP contribution in [0.5, 0.6) is 5.88 Å². The molecule has 0 aliphatic heterocycles. The molecule has 6 heteroatoms. The van der Waals surface area contributed by atoms with Crippen LogP contribution in [0.2, 0.25) is 0 Å². The van der Waals surface area contributed by atoms with Crippen LogP contribution in [0.3, 0.4) is 0 Å². The van der Waals surface area contributed by atoms with E-state index in [1.165, 1.54) is 5.56 Å². The van der Waals surface area contributed by atoms with Gasteiger partial charge in [0.15, 0.2) is 0 Å². The van der Waals surface area contributed by atoms with Crippen LogP contribution in [0.1, 0.15) is 35.7 Å². The minimum absolute atomic E-state index is 0. The summed E-state index contributed by atoms with van der Waals surface area (Å²) in [6.07, 6.45) is 1.81. The van der Waals surface area contributed by atoms with Gasteiger partial charge in [0, 0.05) is 11.6 Å². The van der Waals surface area contributed by atoms with Crippen molar-refractivity contribution < 1.29 is 13.5 Å². The average molecular weight is 393 g/mol. The van der Waals surface area contributed by atoms with E-state index in [0.29, 0.717) is 12.4 Å². The number of aromatic nitrogens is 2. The third-order valence-corrected chi connectivity index (χ3v) is 4.14. The molecule has 0 radical (unpaired) electrons. The van der Waals surface area contributed by atoms with Crippen LogP contribution in [-0.2, 0) is 19.6 Å². The van der Waals surface area contributed by atoms with E-state index in [1.54, 1.807) is 4.68 Å². The Labute approximate surface area is 164 Å². The fourth-order valence-electron chi connectivity index (χ4n) is 2.73. The minimum Gasteiger partial charge on any atom is -0.473 e. The molecule has 0 amide bonds. The molecular formula is C21H23ClF2N2O. The first-order chi connectivity index (χ1) is 12.5. The zero-order chi connectivity index (χ0) is 18.5. The molecule has 0 saturated carbocycles. The number of halogens is 3. The summed E-state index contributed by atoms with van der Waals surface area (Å²) in [5.41, 5.74) is 3.40. The maximum atomic E-state index is 13.8. The lowest BCUT2D eigenvalue weighted by molar-refractivity contribution is 0.269. The first-order valence-electron chi connectivity index (χ1n) is 8.74. The Morgan fingerprint density at radius 3 is 2.48 bits per heavy atom. The van der Waals surface area contributed by atoms with E-state index in [-0.39, 0.29) is 24.6 Å². The predicted molar refractivity (Wildman–Crippen MR) is 104 cm³/mol. The number of benzene rings is 2. The van der Waals surface area contributed by atoms with E-state index in [9.17, 15) is 8.78 Å². The molecule has 0 aliphatic rings. The van der Waals surface area contributed by atoms with Crippen LogP contribution >= 0.6 is 12.4 Å². The van der Waals surface area contributed by atoms with E-state index in [4.69, 9.17) is 4.74 Å². The first kappa shape index (κ1) is 20.9. The summed E-state index contributed by atoms with van der Waals surface area (Å²) in [5.74, 6) is -0.410.